The van der Waals surface area contributed by atoms with Crippen LogP contribution in [0.5, 0.6) is 0 Å². The number of halogens is 1. The van der Waals surface area contributed by atoms with Gasteiger partial charge in [0.2, 0.25) is 0 Å². The number of allylic oxidation sites excluding steroid dienone is 1. The van der Waals surface area contributed by atoms with Crippen molar-refractivity contribution in [1.82, 2.24) is 4.90 Å². The molecule has 0 aromatic rings. The van der Waals surface area contributed by atoms with E-state index in [1.165, 1.54) is 0 Å². The van der Waals surface area contributed by atoms with Gasteiger partial charge in [0.1, 0.15) is 6.17 Å². The second-order valence-corrected chi connectivity index (χ2v) is 3.80. The highest BCUT2D eigenvalue weighted by Gasteiger charge is 2.24. The van der Waals surface area contributed by atoms with Crippen molar-refractivity contribution in [3.8, 4) is 0 Å². The van der Waals surface area contributed by atoms with Crippen LogP contribution in [0.15, 0.2) is 12.2 Å². The van der Waals surface area contributed by atoms with Crippen LogP contribution in [0.4, 0.5) is 4.39 Å². The molecular formula is C11H18FNO. The van der Waals surface area contributed by atoms with Crippen LogP contribution >= 0.6 is 0 Å². The minimum Gasteiger partial charge on any atom is -0.295 e. The number of carbonyl (C=O) groups excluding carboxylic acids is 1. The van der Waals surface area contributed by atoms with Gasteiger partial charge in [-0.15, -0.1) is 0 Å². The van der Waals surface area contributed by atoms with Crippen LogP contribution in [0.1, 0.15) is 26.7 Å². The molecule has 3 heteroatoms. The summed E-state index contributed by atoms with van der Waals surface area (Å²) >= 11 is 0. The van der Waals surface area contributed by atoms with E-state index < -0.39 is 6.17 Å². The summed E-state index contributed by atoms with van der Waals surface area (Å²) in [5, 5.41) is 0. The van der Waals surface area contributed by atoms with Crippen LogP contribution < -0.4 is 0 Å². The van der Waals surface area contributed by atoms with Gasteiger partial charge in [0.05, 0.1) is 0 Å². The fourth-order valence-electron chi connectivity index (χ4n) is 1.60. The van der Waals surface area contributed by atoms with E-state index in [1.807, 2.05) is 19.9 Å². The number of likely N-dealkylation sites (tertiary alicyclic amines) is 1. The van der Waals surface area contributed by atoms with Gasteiger partial charge in [-0.05, 0) is 19.4 Å². The van der Waals surface area contributed by atoms with E-state index in [1.54, 1.807) is 6.08 Å². The Bertz CT molecular complexity index is 227. The summed E-state index contributed by atoms with van der Waals surface area (Å²) in [6.07, 6.45) is 3.95. The van der Waals surface area contributed by atoms with Crippen LogP contribution in [-0.2, 0) is 4.79 Å². The van der Waals surface area contributed by atoms with E-state index in [9.17, 15) is 9.18 Å². The predicted octanol–water partition coefficient (Wildman–Crippen LogP) is 1.95. The van der Waals surface area contributed by atoms with Crippen LogP contribution in [0.3, 0.4) is 0 Å². The molecule has 2 atom stereocenters. The first kappa shape index (κ1) is 11.4. The molecule has 0 spiro atoms. The molecular weight excluding hydrogens is 181 g/mol. The van der Waals surface area contributed by atoms with Gasteiger partial charge in [-0.2, -0.15) is 0 Å². The zero-order chi connectivity index (χ0) is 10.6. The topological polar surface area (TPSA) is 20.3 Å². The summed E-state index contributed by atoms with van der Waals surface area (Å²) in [6.45, 7) is 5.14. The highest BCUT2D eigenvalue weighted by molar-refractivity contribution is 5.89. The molecule has 0 aromatic heterocycles. The molecule has 1 heterocycles. The first-order valence-corrected chi connectivity index (χ1v) is 5.22. The lowest BCUT2D eigenvalue weighted by atomic mass is 10.2. The highest BCUT2D eigenvalue weighted by Crippen LogP contribution is 2.15. The van der Waals surface area contributed by atoms with Crippen molar-refractivity contribution in [2.24, 2.45) is 0 Å². The van der Waals surface area contributed by atoms with Crippen molar-refractivity contribution < 1.29 is 9.18 Å². The number of hydrogen-bond donors (Lipinski definition) is 0. The Kier molecular flexibility index (Phi) is 4.26. The Morgan fingerprint density at radius 2 is 2.43 bits per heavy atom. The molecule has 1 rings (SSSR count). The van der Waals surface area contributed by atoms with E-state index in [2.05, 4.69) is 4.90 Å². The molecule has 1 saturated heterocycles. The van der Waals surface area contributed by atoms with Crippen molar-refractivity contribution in [3.05, 3.63) is 12.2 Å². The Balaban J connectivity index is 2.38. The third-order valence-corrected chi connectivity index (χ3v) is 2.65. The fraction of sp³-hybridized carbons (Fsp3) is 0.727. The average Bonchev–Trinajstić information content (AvgIpc) is 2.60. The zero-order valence-corrected chi connectivity index (χ0v) is 8.87. The van der Waals surface area contributed by atoms with Crippen molar-refractivity contribution in [2.75, 3.05) is 13.1 Å². The summed E-state index contributed by atoms with van der Waals surface area (Å²) in [5.41, 5.74) is 0. The van der Waals surface area contributed by atoms with E-state index in [-0.39, 0.29) is 11.8 Å². The fourth-order valence-corrected chi connectivity index (χ4v) is 1.60. The number of ketones is 1. The third-order valence-electron chi connectivity index (χ3n) is 2.65. The normalized spacial score (nSPS) is 25.8. The number of alkyl halides is 1. The molecule has 0 radical (unpaired) electrons. The Hall–Kier alpha value is -0.700. The quantitative estimate of drug-likeness (QED) is 0.645. The van der Waals surface area contributed by atoms with Gasteiger partial charge < -0.3 is 0 Å². The average molecular weight is 199 g/mol. The van der Waals surface area contributed by atoms with E-state index in [4.69, 9.17) is 0 Å². The van der Waals surface area contributed by atoms with Crippen LogP contribution in [0.25, 0.3) is 0 Å². The second kappa shape index (κ2) is 5.25. The van der Waals surface area contributed by atoms with Crippen molar-refractivity contribution in [3.63, 3.8) is 0 Å². The minimum absolute atomic E-state index is 0.132. The predicted molar refractivity (Wildman–Crippen MR) is 55.0 cm³/mol. The molecule has 14 heavy (non-hydrogen) atoms. The van der Waals surface area contributed by atoms with Crippen LogP contribution in [0.2, 0.25) is 0 Å². The largest absolute Gasteiger partial charge is 0.295 e. The molecule has 1 fully saturated rings. The van der Waals surface area contributed by atoms with Crippen LogP contribution in [0, 0.1) is 0 Å². The van der Waals surface area contributed by atoms with Crippen molar-refractivity contribution >= 4 is 5.78 Å². The smallest absolute Gasteiger partial charge is 0.155 e. The molecule has 2 nitrogen and oxygen atoms in total. The lowest BCUT2D eigenvalue weighted by Gasteiger charge is -2.19. The highest BCUT2D eigenvalue weighted by atomic mass is 19.1. The lowest BCUT2D eigenvalue weighted by molar-refractivity contribution is -0.114. The maximum absolute atomic E-state index is 12.9. The molecule has 1 aliphatic rings. The second-order valence-electron chi connectivity index (χ2n) is 3.80. The summed E-state index contributed by atoms with van der Waals surface area (Å²) in [4.78, 5) is 13.1. The number of hydrogen-bond acceptors (Lipinski definition) is 2. The molecule has 0 saturated carbocycles. The maximum Gasteiger partial charge on any atom is 0.155 e. The molecule has 0 bridgehead atoms. The number of carbonyl (C=O) groups is 1. The van der Waals surface area contributed by atoms with Gasteiger partial charge in [-0.3, -0.25) is 9.69 Å². The van der Waals surface area contributed by atoms with Gasteiger partial charge in [-0.25, -0.2) is 4.39 Å². The summed E-state index contributed by atoms with van der Waals surface area (Å²) in [6, 6.07) is 0.172. The zero-order valence-electron chi connectivity index (χ0n) is 8.87. The third kappa shape index (κ3) is 3.22. The lowest BCUT2D eigenvalue weighted by Crippen LogP contribution is -2.29. The molecule has 0 N–H and O–H groups in total. The SMILES string of the molecule is CCC(=O)/C=C/C(C)N1CC[C@@H](F)C1. The molecule has 1 unspecified atom stereocenters. The Morgan fingerprint density at radius 3 is 2.93 bits per heavy atom. The monoisotopic (exact) mass is 199 g/mol. The molecule has 0 aromatic carbocycles. The van der Waals surface area contributed by atoms with Gasteiger partial charge in [0.15, 0.2) is 5.78 Å². The van der Waals surface area contributed by atoms with E-state index in [0.717, 1.165) is 6.54 Å². The maximum atomic E-state index is 12.9. The standard InChI is InChI=1S/C11H18FNO/c1-3-11(14)5-4-9(2)13-7-6-10(12)8-13/h4-5,9-10H,3,6-8H2,1-2H3/b5-4+/t9?,10-/m1/s1. The molecule has 0 amide bonds. The van der Waals surface area contributed by atoms with E-state index in [0.29, 0.717) is 19.4 Å². The molecule has 1 aliphatic heterocycles. The summed E-state index contributed by atoms with van der Waals surface area (Å²) in [7, 11) is 0. The van der Waals surface area contributed by atoms with Crippen molar-refractivity contribution in [2.45, 2.75) is 38.9 Å². The summed E-state index contributed by atoms with van der Waals surface area (Å²) in [5.74, 6) is 0.132. The van der Waals surface area contributed by atoms with Gasteiger partial charge in [0, 0.05) is 25.6 Å². The first-order chi connectivity index (χ1) is 6.63. The van der Waals surface area contributed by atoms with Gasteiger partial charge in [-0.1, -0.05) is 13.0 Å². The number of rotatable bonds is 4. The Labute approximate surface area is 84.8 Å². The minimum atomic E-state index is -0.687. The Morgan fingerprint density at radius 1 is 1.71 bits per heavy atom. The van der Waals surface area contributed by atoms with Gasteiger partial charge in [0.25, 0.3) is 0 Å². The van der Waals surface area contributed by atoms with E-state index >= 15 is 0 Å². The van der Waals surface area contributed by atoms with Gasteiger partial charge >= 0.3 is 0 Å². The molecule has 80 valence electrons. The first-order valence-electron chi connectivity index (χ1n) is 5.22. The number of nitrogens with zero attached hydrogens (tertiary/aromatic N) is 1. The van der Waals surface area contributed by atoms with Crippen LogP contribution in [-0.4, -0.2) is 36.0 Å². The van der Waals surface area contributed by atoms with Crippen molar-refractivity contribution in [1.29, 1.82) is 0 Å². The molecule has 0 aliphatic carbocycles. The summed E-state index contributed by atoms with van der Waals surface area (Å²) < 4.78 is 12.9.